The monoisotopic (exact) mass is 436 g/mol. The molecule has 0 radical (unpaired) electrons. The van der Waals surface area contributed by atoms with Gasteiger partial charge in [0, 0.05) is 6.42 Å². The molecule has 0 fully saturated rings. The summed E-state index contributed by atoms with van der Waals surface area (Å²) in [5, 5.41) is 8.98. The van der Waals surface area contributed by atoms with Gasteiger partial charge in [-0.05, 0) is 13.3 Å². The molecule has 0 rings (SSSR count). The molecular weight excluding hydrogens is 387 g/mol. The Morgan fingerprint density at radius 3 is 1.23 bits per heavy atom. The van der Waals surface area contributed by atoms with E-state index in [1.54, 1.807) is 0 Å². The van der Waals surface area contributed by atoms with Crippen LogP contribution in [0.3, 0.4) is 0 Å². The van der Waals surface area contributed by atoms with Crippen LogP contribution in [-0.4, -0.2) is 52.7 Å². The summed E-state index contributed by atoms with van der Waals surface area (Å²) in [5.41, 5.74) is 0. The predicted octanol–water partition coefficient (Wildman–Crippen LogP) is 6.61. The van der Waals surface area contributed by atoms with Gasteiger partial charge in [-0.2, -0.15) is 0 Å². The molecule has 4 nitrogen and oxygen atoms in total. The molecule has 0 aliphatic carbocycles. The SMILES string of the molecule is CCCCCCCCCCCCCCCCCCCCCC(=O)OC(=O)C(C)O.[NaH]. The molecule has 1 N–H and O–H groups in total. The molecule has 0 bridgehead atoms. The Bertz CT molecular complexity index is 385. The van der Waals surface area contributed by atoms with Crippen LogP contribution in [0.5, 0.6) is 0 Å². The van der Waals surface area contributed by atoms with E-state index in [4.69, 9.17) is 5.11 Å². The Morgan fingerprint density at radius 1 is 0.633 bits per heavy atom. The van der Waals surface area contributed by atoms with Crippen LogP contribution in [0, 0.1) is 0 Å². The summed E-state index contributed by atoms with van der Waals surface area (Å²) in [7, 11) is 0. The van der Waals surface area contributed by atoms with Crippen LogP contribution >= 0.6 is 0 Å². The first kappa shape index (κ1) is 32.3. The van der Waals surface area contributed by atoms with Crippen LogP contribution in [0.4, 0.5) is 0 Å². The number of aliphatic hydroxyl groups is 1. The summed E-state index contributed by atoms with van der Waals surface area (Å²) in [6.07, 6.45) is 24.0. The van der Waals surface area contributed by atoms with Gasteiger partial charge in [-0.25, -0.2) is 4.79 Å². The van der Waals surface area contributed by atoms with Gasteiger partial charge in [0.25, 0.3) is 0 Å². The molecule has 1 atom stereocenters. The van der Waals surface area contributed by atoms with Gasteiger partial charge >= 0.3 is 41.5 Å². The molecule has 0 aliphatic rings. The number of carbonyl (C=O) groups excluding carboxylic acids is 2. The maximum absolute atomic E-state index is 11.4. The number of ether oxygens (including phenoxy) is 1. The molecule has 0 aromatic carbocycles. The molecule has 0 saturated heterocycles. The number of carbonyl (C=O) groups is 2. The fourth-order valence-corrected chi connectivity index (χ4v) is 3.60. The van der Waals surface area contributed by atoms with Crippen molar-refractivity contribution in [3.8, 4) is 0 Å². The molecule has 0 amide bonds. The number of esters is 2. The minimum atomic E-state index is -1.23. The fourth-order valence-electron chi connectivity index (χ4n) is 3.60. The normalized spacial score (nSPS) is 11.7. The van der Waals surface area contributed by atoms with E-state index in [0.29, 0.717) is 0 Å². The molecule has 1 unspecified atom stereocenters. The van der Waals surface area contributed by atoms with Gasteiger partial charge in [0.15, 0.2) is 0 Å². The summed E-state index contributed by atoms with van der Waals surface area (Å²) >= 11 is 0. The number of aliphatic hydroxyl groups excluding tert-OH is 1. The average Bonchev–Trinajstić information content (AvgIpc) is 2.69. The summed E-state index contributed by atoms with van der Waals surface area (Å²) in [5.74, 6) is -1.38. The van der Waals surface area contributed by atoms with Crippen LogP contribution in [0.2, 0.25) is 0 Å². The van der Waals surface area contributed by atoms with E-state index in [0.717, 1.165) is 19.3 Å². The van der Waals surface area contributed by atoms with Crippen molar-refractivity contribution in [3.63, 3.8) is 0 Å². The van der Waals surface area contributed by atoms with Crippen LogP contribution in [0.15, 0.2) is 0 Å². The quantitative estimate of drug-likeness (QED) is 0.0951. The zero-order valence-electron chi connectivity index (χ0n) is 19.4. The first-order chi connectivity index (χ1) is 14.1. The van der Waals surface area contributed by atoms with E-state index < -0.39 is 18.0 Å². The van der Waals surface area contributed by atoms with Crippen LogP contribution in [0.1, 0.15) is 142 Å². The third-order valence-electron chi connectivity index (χ3n) is 5.54. The van der Waals surface area contributed by atoms with E-state index >= 15 is 0 Å². The molecule has 30 heavy (non-hydrogen) atoms. The van der Waals surface area contributed by atoms with E-state index in [1.807, 2.05) is 0 Å². The van der Waals surface area contributed by atoms with Gasteiger partial charge in [0.05, 0.1) is 0 Å². The second-order valence-electron chi connectivity index (χ2n) is 8.58. The van der Waals surface area contributed by atoms with Gasteiger partial charge in [0.1, 0.15) is 6.10 Å². The molecule has 0 saturated carbocycles. The van der Waals surface area contributed by atoms with Gasteiger partial charge < -0.3 is 9.84 Å². The number of rotatable bonds is 21. The zero-order chi connectivity index (χ0) is 21.6. The third kappa shape index (κ3) is 24.4. The molecule has 0 aromatic rings. The molecule has 0 aromatic heterocycles. The average molecular weight is 437 g/mol. The Balaban J connectivity index is 0. The van der Waals surface area contributed by atoms with Crippen LogP contribution < -0.4 is 0 Å². The summed E-state index contributed by atoms with van der Waals surface area (Å²) < 4.78 is 4.52. The topological polar surface area (TPSA) is 63.6 Å². The molecule has 0 aliphatic heterocycles. The molecule has 0 heterocycles. The van der Waals surface area contributed by atoms with E-state index in [-0.39, 0.29) is 36.0 Å². The van der Waals surface area contributed by atoms with Crippen molar-refractivity contribution in [3.05, 3.63) is 0 Å². The third-order valence-corrected chi connectivity index (χ3v) is 5.54. The van der Waals surface area contributed by atoms with Crippen molar-refractivity contribution < 1.29 is 19.4 Å². The first-order valence-corrected chi connectivity index (χ1v) is 12.5. The Kier molecular flexibility index (Phi) is 27.3. The fraction of sp³-hybridized carbons (Fsp3) is 0.920. The van der Waals surface area contributed by atoms with Crippen LogP contribution in [-0.2, 0) is 14.3 Å². The van der Waals surface area contributed by atoms with E-state index in [9.17, 15) is 9.59 Å². The van der Waals surface area contributed by atoms with Gasteiger partial charge in [-0.15, -0.1) is 0 Å². The maximum atomic E-state index is 11.4. The van der Waals surface area contributed by atoms with Crippen molar-refractivity contribution in [1.82, 2.24) is 0 Å². The Labute approximate surface area is 208 Å². The Morgan fingerprint density at radius 2 is 0.933 bits per heavy atom. The second kappa shape index (κ2) is 25.4. The Hall–Kier alpha value is 0.1000. The van der Waals surface area contributed by atoms with Gasteiger partial charge in [-0.1, -0.05) is 122 Å². The molecule has 0 spiro atoms. The summed E-state index contributed by atoms with van der Waals surface area (Å²) in [6.45, 7) is 3.57. The standard InChI is InChI=1S/C25H48O4.Na.H/c1-3-4-5-6-7-8-9-10-11-12-13-14-15-16-17-18-19-20-21-22-24(27)29-25(28)23(2)26;;/h23,26H,3-22H2,1-2H3;;. The summed E-state index contributed by atoms with van der Waals surface area (Å²) in [4.78, 5) is 22.4. The van der Waals surface area contributed by atoms with E-state index in [1.165, 1.54) is 110 Å². The molecule has 174 valence electrons. The van der Waals surface area contributed by atoms with Gasteiger partial charge in [0.2, 0.25) is 0 Å². The zero-order valence-corrected chi connectivity index (χ0v) is 19.4. The minimum absolute atomic E-state index is 0. The van der Waals surface area contributed by atoms with Crippen molar-refractivity contribution >= 4 is 41.5 Å². The molecule has 5 heteroatoms. The van der Waals surface area contributed by atoms with Crippen molar-refractivity contribution in [2.75, 3.05) is 0 Å². The predicted molar refractivity (Wildman–Crippen MR) is 128 cm³/mol. The molecular formula is C25H49NaO4. The van der Waals surface area contributed by atoms with E-state index in [2.05, 4.69) is 11.7 Å². The number of hydrogen-bond donors (Lipinski definition) is 1. The van der Waals surface area contributed by atoms with Crippen molar-refractivity contribution in [1.29, 1.82) is 0 Å². The number of unbranched alkanes of at least 4 members (excludes halogenated alkanes) is 18. The van der Waals surface area contributed by atoms with Crippen molar-refractivity contribution in [2.45, 2.75) is 148 Å². The summed E-state index contributed by atoms with van der Waals surface area (Å²) in [6, 6.07) is 0. The van der Waals surface area contributed by atoms with Crippen molar-refractivity contribution in [2.24, 2.45) is 0 Å². The second-order valence-corrected chi connectivity index (χ2v) is 8.58. The van der Waals surface area contributed by atoms with Crippen LogP contribution in [0.25, 0.3) is 0 Å². The van der Waals surface area contributed by atoms with Gasteiger partial charge in [-0.3, -0.25) is 4.79 Å². The first-order valence-electron chi connectivity index (χ1n) is 12.5. The number of hydrogen-bond acceptors (Lipinski definition) is 4.